The van der Waals surface area contributed by atoms with Crippen LogP contribution in [-0.4, -0.2) is 43.7 Å². The number of rotatable bonds is 5. The van der Waals surface area contributed by atoms with Gasteiger partial charge in [-0.3, -0.25) is 4.79 Å². The second kappa shape index (κ2) is 9.93. The van der Waals surface area contributed by atoms with Gasteiger partial charge in [-0.1, -0.05) is 6.07 Å². The first kappa shape index (κ1) is 21.9. The number of hydrogen-bond acceptors (Lipinski definition) is 5. The van der Waals surface area contributed by atoms with Crippen molar-refractivity contribution in [2.45, 2.75) is 20.4 Å². The van der Waals surface area contributed by atoms with Crippen LogP contribution in [0.5, 0.6) is 0 Å². The Morgan fingerprint density at radius 1 is 1.35 bits per heavy atom. The summed E-state index contributed by atoms with van der Waals surface area (Å²) in [5.41, 5.74) is 6.03. The molecule has 1 aromatic rings. The number of carbonyl (C=O) groups is 1. The van der Waals surface area contributed by atoms with Gasteiger partial charge >= 0.3 is 0 Å². The van der Waals surface area contributed by atoms with E-state index >= 15 is 0 Å². The van der Waals surface area contributed by atoms with Crippen molar-refractivity contribution < 1.29 is 9.53 Å². The molecule has 23 heavy (non-hydrogen) atoms. The summed E-state index contributed by atoms with van der Waals surface area (Å²) in [6.07, 6.45) is 1.81. The number of nitrogens with two attached hydrogens (primary N) is 1. The lowest BCUT2D eigenvalue weighted by Gasteiger charge is -2.27. The second-order valence-corrected chi connectivity index (χ2v) is 5.89. The maximum atomic E-state index is 11.9. The van der Waals surface area contributed by atoms with E-state index in [9.17, 15) is 4.79 Å². The summed E-state index contributed by atoms with van der Waals surface area (Å²) in [5.74, 6) is 0.915. The topological polar surface area (TPSA) is 80.5 Å². The highest BCUT2D eigenvalue weighted by Crippen LogP contribution is 2.14. The van der Waals surface area contributed by atoms with Crippen molar-refractivity contribution in [1.82, 2.24) is 10.3 Å². The third-order valence-corrected chi connectivity index (χ3v) is 3.72. The zero-order valence-corrected chi connectivity index (χ0v) is 15.2. The molecule has 0 unspecified atom stereocenters. The average Bonchev–Trinajstić information content (AvgIpc) is 2.54. The summed E-state index contributed by atoms with van der Waals surface area (Å²) in [6.45, 7) is 7.69. The molecular weight excluding hydrogens is 339 g/mol. The molecule has 0 atom stereocenters. The molecule has 0 radical (unpaired) electrons. The fraction of sp³-hybridized carbons (Fsp3) is 0.600. The number of nitrogens with zero attached hydrogens (tertiary/aromatic N) is 2. The minimum atomic E-state index is -0.541. The number of nitrogens with one attached hydrogen (secondary N) is 1. The van der Waals surface area contributed by atoms with Gasteiger partial charge in [-0.25, -0.2) is 4.98 Å². The Kier molecular flexibility index (Phi) is 9.46. The summed E-state index contributed by atoms with van der Waals surface area (Å²) in [5, 5.41) is 2.90. The first-order valence-corrected chi connectivity index (χ1v) is 7.29. The lowest BCUT2D eigenvalue weighted by Crippen LogP contribution is -2.41. The standard InChI is InChI=1S/C15H24N4O2.2ClH/c1-15(2,11-16)14(20)18-10-12-3-4-13(17-9-12)19-5-7-21-8-6-19;;/h3-4,9H,5-8,10-11,16H2,1-2H3,(H,18,20);2*1H. The van der Waals surface area contributed by atoms with Gasteiger partial charge in [0.05, 0.1) is 18.6 Å². The number of anilines is 1. The van der Waals surface area contributed by atoms with Crippen LogP contribution in [0.1, 0.15) is 19.4 Å². The quantitative estimate of drug-likeness (QED) is 0.824. The number of pyridine rings is 1. The molecule has 6 nitrogen and oxygen atoms in total. The predicted molar refractivity (Wildman–Crippen MR) is 96.4 cm³/mol. The smallest absolute Gasteiger partial charge is 0.227 e. The van der Waals surface area contributed by atoms with Crippen molar-refractivity contribution in [3.8, 4) is 0 Å². The van der Waals surface area contributed by atoms with Crippen LogP contribution in [0.25, 0.3) is 0 Å². The van der Waals surface area contributed by atoms with E-state index in [4.69, 9.17) is 10.5 Å². The number of ether oxygens (including phenoxy) is 1. The molecule has 1 saturated heterocycles. The van der Waals surface area contributed by atoms with Gasteiger partial charge in [-0.2, -0.15) is 0 Å². The Labute approximate surface area is 150 Å². The highest BCUT2D eigenvalue weighted by molar-refractivity contribution is 5.85. The molecule has 2 heterocycles. The number of hydrogen-bond donors (Lipinski definition) is 2. The highest BCUT2D eigenvalue weighted by atomic mass is 35.5. The lowest BCUT2D eigenvalue weighted by atomic mass is 9.93. The van der Waals surface area contributed by atoms with E-state index in [1.807, 2.05) is 26.0 Å². The molecule has 1 aliphatic heterocycles. The SMILES string of the molecule is CC(C)(CN)C(=O)NCc1ccc(N2CCOCC2)nc1.Cl.Cl. The Hall–Kier alpha value is -1.08. The Morgan fingerprint density at radius 2 is 2.00 bits per heavy atom. The van der Waals surface area contributed by atoms with E-state index in [0.717, 1.165) is 37.7 Å². The van der Waals surface area contributed by atoms with E-state index in [2.05, 4.69) is 15.2 Å². The van der Waals surface area contributed by atoms with Gasteiger partial charge in [0.2, 0.25) is 5.91 Å². The van der Waals surface area contributed by atoms with E-state index in [-0.39, 0.29) is 30.7 Å². The third-order valence-electron chi connectivity index (χ3n) is 3.72. The summed E-state index contributed by atoms with van der Waals surface area (Å²) in [6, 6.07) is 3.98. The fourth-order valence-electron chi connectivity index (χ4n) is 2.02. The molecular formula is C15H26Cl2N4O2. The molecule has 3 N–H and O–H groups in total. The minimum Gasteiger partial charge on any atom is -0.378 e. The molecule has 132 valence electrons. The van der Waals surface area contributed by atoms with Crippen molar-refractivity contribution in [2.24, 2.45) is 11.1 Å². The third kappa shape index (κ3) is 6.14. The van der Waals surface area contributed by atoms with Crippen LogP contribution < -0.4 is 16.0 Å². The molecule has 0 aromatic carbocycles. The number of morpholine rings is 1. The molecule has 0 saturated carbocycles. The van der Waals surface area contributed by atoms with Crippen molar-refractivity contribution >= 4 is 36.5 Å². The van der Waals surface area contributed by atoms with Crippen LogP contribution in [0.2, 0.25) is 0 Å². The van der Waals surface area contributed by atoms with Gasteiger partial charge in [-0.15, -0.1) is 24.8 Å². The molecule has 1 fully saturated rings. The van der Waals surface area contributed by atoms with Gasteiger partial charge in [0.25, 0.3) is 0 Å². The van der Waals surface area contributed by atoms with Gasteiger partial charge < -0.3 is 20.7 Å². The molecule has 0 aliphatic carbocycles. The molecule has 0 spiro atoms. The normalized spacial score (nSPS) is 14.5. The molecule has 0 bridgehead atoms. The minimum absolute atomic E-state index is 0. The van der Waals surface area contributed by atoms with Crippen molar-refractivity contribution in [1.29, 1.82) is 0 Å². The van der Waals surface area contributed by atoms with Crippen LogP contribution in [0.4, 0.5) is 5.82 Å². The number of aromatic nitrogens is 1. The first-order chi connectivity index (χ1) is 10.0. The first-order valence-electron chi connectivity index (χ1n) is 7.29. The number of carbonyl (C=O) groups excluding carboxylic acids is 1. The Bertz CT molecular complexity index is 477. The summed E-state index contributed by atoms with van der Waals surface area (Å²) in [7, 11) is 0. The van der Waals surface area contributed by atoms with Gasteiger partial charge in [0, 0.05) is 32.4 Å². The van der Waals surface area contributed by atoms with Crippen LogP contribution >= 0.6 is 24.8 Å². The molecule has 1 aliphatic rings. The maximum Gasteiger partial charge on any atom is 0.227 e. The molecule has 1 aromatic heterocycles. The monoisotopic (exact) mass is 364 g/mol. The summed E-state index contributed by atoms with van der Waals surface area (Å²) in [4.78, 5) is 18.6. The lowest BCUT2D eigenvalue weighted by molar-refractivity contribution is -0.129. The van der Waals surface area contributed by atoms with Crippen molar-refractivity contribution in [2.75, 3.05) is 37.7 Å². The maximum absolute atomic E-state index is 11.9. The van der Waals surface area contributed by atoms with Gasteiger partial charge in [0.1, 0.15) is 5.82 Å². The Morgan fingerprint density at radius 3 is 2.52 bits per heavy atom. The van der Waals surface area contributed by atoms with Crippen molar-refractivity contribution in [3.05, 3.63) is 23.9 Å². The van der Waals surface area contributed by atoms with Crippen LogP contribution in [0.15, 0.2) is 18.3 Å². The zero-order chi connectivity index (χ0) is 15.3. The summed E-state index contributed by atoms with van der Waals surface area (Å²) >= 11 is 0. The van der Waals surface area contributed by atoms with Crippen LogP contribution in [-0.2, 0) is 16.1 Å². The average molecular weight is 365 g/mol. The van der Waals surface area contributed by atoms with E-state index in [1.54, 1.807) is 6.20 Å². The predicted octanol–water partition coefficient (Wildman–Crippen LogP) is 1.36. The second-order valence-electron chi connectivity index (χ2n) is 5.89. The fourth-order valence-corrected chi connectivity index (χ4v) is 2.02. The van der Waals surface area contributed by atoms with Gasteiger partial charge in [0.15, 0.2) is 0 Å². The van der Waals surface area contributed by atoms with Crippen LogP contribution in [0, 0.1) is 5.41 Å². The molecule has 8 heteroatoms. The summed E-state index contributed by atoms with van der Waals surface area (Å²) < 4.78 is 5.33. The van der Waals surface area contributed by atoms with Crippen LogP contribution in [0.3, 0.4) is 0 Å². The van der Waals surface area contributed by atoms with Gasteiger partial charge in [-0.05, 0) is 25.5 Å². The Balaban J connectivity index is 0.00000242. The molecule has 2 rings (SSSR count). The van der Waals surface area contributed by atoms with E-state index < -0.39 is 5.41 Å². The zero-order valence-electron chi connectivity index (χ0n) is 13.6. The largest absolute Gasteiger partial charge is 0.378 e. The number of halogens is 2. The van der Waals surface area contributed by atoms with Crippen molar-refractivity contribution in [3.63, 3.8) is 0 Å². The highest BCUT2D eigenvalue weighted by Gasteiger charge is 2.25. The molecule has 1 amide bonds. The number of amides is 1. The van der Waals surface area contributed by atoms with E-state index in [0.29, 0.717) is 13.1 Å². The van der Waals surface area contributed by atoms with E-state index in [1.165, 1.54) is 0 Å².